The molecule has 3 aromatic rings. The monoisotopic (exact) mass is 530 g/mol. The molecule has 1 aliphatic heterocycles. The van der Waals surface area contributed by atoms with Crippen LogP contribution in [0.1, 0.15) is 73.8 Å². The van der Waals surface area contributed by atoms with Gasteiger partial charge in [0.05, 0.1) is 16.8 Å². The molecule has 0 amide bonds. The molecule has 1 aromatic heterocycles. The number of aliphatic imine (C=N–C) groups is 1. The number of hydrogen-bond acceptors (Lipinski definition) is 7. The number of hydrogen-bond donors (Lipinski definition) is 3. The molecule has 1 unspecified atom stereocenters. The Hall–Kier alpha value is -2.74. The number of aliphatic hydroxyl groups excluding tert-OH is 2. The Labute approximate surface area is 230 Å². The van der Waals surface area contributed by atoms with Crippen LogP contribution >= 0.6 is 11.8 Å². The van der Waals surface area contributed by atoms with Gasteiger partial charge in [0.1, 0.15) is 0 Å². The summed E-state index contributed by atoms with van der Waals surface area (Å²) >= 11 is 1.73. The minimum absolute atomic E-state index is 0.149. The van der Waals surface area contributed by atoms with Crippen LogP contribution in [0.15, 0.2) is 64.5 Å². The highest BCUT2D eigenvalue weighted by atomic mass is 32.2. The van der Waals surface area contributed by atoms with E-state index in [-0.39, 0.29) is 12.7 Å². The molecule has 0 spiro atoms. The third kappa shape index (κ3) is 7.22. The first kappa shape index (κ1) is 26.9. The summed E-state index contributed by atoms with van der Waals surface area (Å²) in [5.41, 5.74) is 4.67. The Morgan fingerprint density at radius 3 is 2.58 bits per heavy atom. The molecule has 38 heavy (non-hydrogen) atoms. The van der Waals surface area contributed by atoms with Crippen LogP contribution in [0.5, 0.6) is 0 Å². The van der Waals surface area contributed by atoms with Crippen LogP contribution in [0.3, 0.4) is 0 Å². The number of rotatable bonds is 8. The van der Waals surface area contributed by atoms with Crippen LogP contribution in [0.25, 0.3) is 0 Å². The van der Waals surface area contributed by atoms with Gasteiger partial charge in [-0.25, -0.2) is 9.98 Å². The van der Waals surface area contributed by atoms with E-state index in [1.54, 1.807) is 11.8 Å². The lowest BCUT2D eigenvalue weighted by atomic mass is 9.87. The van der Waals surface area contributed by atoms with Crippen LogP contribution in [-0.2, 0) is 12.8 Å². The Morgan fingerprint density at radius 2 is 1.79 bits per heavy atom. The molecule has 2 aromatic carbocycles. The molecule has 1 saturated carbocycles. The van der Waals surface area contributed by atoms with Crippen molar-refractivity contribution in [1.29, 1.82) is 0 Å². The molecular weight excluding hydrogens is 492 g/mol. The average Bonchev–Trinajstić information content (AvgIpc) is 3.07. The molecular formula is C31H38N4O2S. The predicted octanol–water partition coefficient (Wildman–Crippen LogP) is 6.28. The van der Waals surface area contributed by atoms with Gasteiger partial charge in [0.2, 0.25) is 5.95 Å². The summed E-state index contributed by atoms with van der Waals surface area (Å²) in [5.74, 6) is 2.30. The van der Waals surface area contributed by atoms with E-state index in [1.807, 2.05) is 12.1 Å². The van der Waals surface area contributed by atoms with Gasteiger partial charge in [-0.1, -0.05) is 61.2 Å². The van der Waals surface area contributed by atoms with E-state index in [0.29, 0.717) is 30.0 Å². The van der Waals surface area contributed by atoms with Crippen molar-refractivity contribution in [2.75, 3.05) is 18.5 Å². The SMILES string of the molecule is CC1CCC(=Nc2cc(Cc3ccccc3)nc(NCC3CCC(O)CC3)n2)Sc2cc(CCO)ccc21. The fourth-order valence-corrected chi connectivity index (χ4v) is 6.55. The molecule has 0 radical (unpaired) electrons. The third-order valence-electron chi connectivity index (χ3n) is 7.63. The number of fused-ring (bicyclic) bond motifs is 1. The fraction of sp³-hybridized carbons (Fsp3) is 0.452. The van der Waals surface area contributed by atoms with Crippen molar-refractivity contribution in [3.8, 4) is 0 Å². The van der Waals surface area contributed by atoms with Gasteiger partial charge in [0.15, 0.2) is 5.82 Å². The van der Waals surface area contributed by atoms with E-state index >= 15 is 0 Å². The molecule has 1 fully saturated rings. The maximum absolute atomic E-state index is 9.85. The second kappa shape index (κ2) is 12.9. The summed E-state index contributed by atoms with van der Waals surface area (Å²) in [6, 6.07) is 19.0. The van der Waals surface area contributed by atoms with E-state index < -0.39 is 0 Å². The molecule has 3 N–H and O–H groups in total. The predicted molar refractivity (Wildman–Crippen MR) is 156 cm³/mol. The molecule has 2 heterocycles. The van der Waals surface area contributed by atoms with Crippen molar-refractivity contribution in [2.45, 2.75) is 75.2 Å². The quantitative estimate of drug-likeness (QED) is 0.317. The molecule has 1 aliphatic carbocycles. The standard InChI is InChI=1S/C31H38N4O2S/c1-21-7-14-30(38-28-18-23(15-16-36)10-13-27(21)28)34-29-19-25(17-22-5-3-2-4-6-22)33-31(35-29)32-20-24-8-11-26(37)12-9-24/h2-6,10,13,18-19,21,24,26,36-37H,7-9,11-12,14-17,20H2,1H3,(H,32,33,35). The molecule has 1 atom stereocenters. The van der Waals surface area contributed by atoms with E-state index in [2.05, 4.69) is 54.7 Å². The minimum atomic E-state index is -0.149. The van der Waals surface area contributed by atoms with Crippen LogP contribution in [-0.4, -0.2) is 44.5 Å². The zero-order valence-corrected chi connectivity index (χ0v) is 23.0. The maximum atomic E-state index is 9.85. The Balaban J connectivity index is 1.40. The van der Waals surface area contributed by atoms with Crippen LogP contribution in [0, 0.1) is 5.92 Å². The molecule has 0 saturated heterocycles. The normalized spacial score (nSPS) is 22.6. The Morgan fingerprint density at radius 1 is 0.974 bits per heavy atom. The third-order valence-corrected chi connectivity index (χ3v) is 8.73. The van der Waals surface area contributed by atoms with Gasteiger partial charge >= 0.3 is 0 Å². The van der Waals surface area contributed by atoms with Gasteiger partial charge in [-0.15, -0.1) is 0 Å². The van der Waals surface area contributed by atoms with E-state index in [0.717, 1.165) is 67.8 Å². The second-order valence-electron chi connectivity index (χ2n) is 10.7. The van der Waals surface area contributed by atoms with Crippen molar-refractivity contribution in [3.05, 3.63) is 77.0 Å². The smallest absolute Gasteiger partial charge is 0.224 e. The van der Waals surface area contributed by atoms with Gasteiger partial charge in [0.25, 0.3) is 0 Å². The molecule has 200 valence electrons. The minimum Gasteiger partial charge on any atom is -0.396 e. The lowest BCUT2D eigenvalue weighted by Gasteiger charge is -2.25. The van der Waals surface area contributed by atoms with Crippen molar-refractivity contribution in [3.63, 3.8) is 0 Å². The van der Waals surface area contributed by atoms with E-state index in [4.69, 9.17) is 15.0 Å². The van der Waals surface area contributed by atoms with Crippen LogP contribution < -0.4 is 5.32 Å². The number of benzene rings is 2. The summed E-state index contributed by atoms with van der Waals surface area (Å²) in [5, 5.41) is 23.8. The highest BCUT2D eigenvalue weighted by molar-refractivity contribution is 8.14. The molecule has 5 rings (SSSR count). The van der Waals surface area contributed by atoms with E-state index in [1.165, 1.54) is 16.0 Å². The summed E-state index contributed by atoms with van der Waals surface area (Å²) in [7, 11) is 0. The first-order valence-corrected chi connectivity index (χ1v) is 14.7. The molecule has 0 bridgehead atoms. The summed E-state index contributed by atoms with van der Waals surface area (Å²) in [6.07, 6.45) is 6.98. The topological polar surface area (TPSA) is 90.6 Å². The maximum Gasteiger partial charge on any atom is 0.224 e. The zero-order valence-electron chi connectivity index (χ0n) is 22.1. The highest BCUT2D eigenvalue weighted by Crippen LogP contribution is 2.38. The van der Waals surface area contributed by atoms with Gasteiger partial charge in [-0.05, 0) is 79.5 Å². The zero-order chi connectivity index (χ0) is 26.3. The summed E-state index contributed by atoms with van der Waals surface area (Å²) < 4.78 is 0. The van der Waals surface area contributed by atoms with Crippen LogP contribution in [0.4, 0.5) is 11.8 Å². The molecule has 2 aliphatic rings. The van der Waals surface area contributed by atoms with Crippen molar-refractivity contribution >= 4 is 28.6 Å². The van der Waals surface area contributed by atoms with Gasteiger partial charge < -0.3 is 15.5 Å². The van der Waals surface area contributed by atoms with Crippen LogP contribution in [0.2, 0.25) is 0 Å². The number of nitrogens with one attached hydrogen (secondary N) is 1. The van der Waals surface area contributed by atoms with Crippen molar-refractivity contribution < 1.29 is 10.2 Å². The number of anilines is 1. The lowest BCUT2D eigenvalue weighted by molar-refractivity contribution is 0.111. The number of aliphatic hydroxyl groups is 2. The number of aromatic nitrogens is 2. The van der Waals surface area contributed by atoms with Gasteiger partial charge in [0, 0.05) is 30.5 Å². The second-order valence-corrected chi connectivity index (χ2v) is 11.8. The summed E-state index contributed by atoms with van der Waals surface area (Å²) in [6.45, 7) is 3.25. The van der Waals surface area contributed by atoms with Gasteiger partial charge in [-0.2, -0.15) is 4.98 Å². The molecule has 7 heteroatoms. The fourth-order valence-electron chi connectivity index (χ4n) is 5.34. The molecule has 6 nitrogen and oxygen atoms in total. The lowest BCUT2D eigenvalue weighted by Crippen LogP contribution is -2.24. The first-order valence-electron chi connectivity index (χ1n) is 13.9. The first-order chi connectivity index (χ1) is 18.6. The van der Waals surface area contributed by atoms with Crippen molar-refractivity contribution in [1.82, 2.24) is 9.97 Å². The average molecular weight is 531 g/mol. The Kier molecular flexibility index (Phi) is 9.10. The summed E-state index contributed by atoms with van der Waals surface area (Å²) in [4.78, 5) is 16.0. The highest BCUT2D eigenvalue weighted by Gasteiger charge is 2.21. The largest absolute Gasteiger partial charge is 0.396 e. The van der Waals surface area contributed by atoms with E-state index in [9.17, 15) is 10.2 Å². The number of thioether (sulfide) groups is 1. The van der Waals surface area contributed by atoms with Gasteiger partial charge in [-0.3, -0.25) is 0 Å². The van der Waals surface area contributed by atoms with Crippen molar-refractivity contribution in [2.24, 2.45) is 10.9 Å². The number of nitrogens with zero attached hydrogens (tertiary/aromatic N) is 3. The Bertz CT molecular complexity index is 1240.